The fraction of sp³-hybridized carbons (Fsp3) is 0.583. The molecule has 0 aromatic carbocycles. The minimum Gasteiger partial charge on any atom is -0.481 e. The molecule has 1 amide bonds. The second kappa shape index (κ2) is 6.90. The lowest BCUT2D eigenvalue weighted by Gasteiger charge is -2.24. The van der Waals surface area contributed by atoms with Crippen LogP contribution in [-0.4, -0.2) is 41.9 Å². The third-order valence-corrected chi connectivity index (χ3v) is 2.85. The van der Waals surface area contributed by atoms with E-state index in [4.69, 9.17) is 4.74 Å². The van der Waals surface area contributed by atoms with Crippen LogP contribution in [0.3, 0.4) is 0 Å². The minimum absolute atomic E-state index is 0.0634. The standard InChI is InChI=1S/C12H18N2O6/c1-3-19-7-12(2,11(17)18)4-5-13-10(16)8-6-9(15)14-20-8/h6H,3-5,7H2,1-2H3,(H,13,16)(H,14,15)(H,17,18)/t12-/m0/s1. The van der Waals surface area contributed by atoms with Gasteiger partial charge < -0.3 is 19.7 Å². The predicted octanol–water partition coefficient (Wildman–Crippen LogP) is 0.215. The van der Waals surface area contributed by atoms with Crippen LogP contribution >= 0.6 is 0 Å². The number of hydrogen-bond acceptors (Lipinski definition) is 5. The van der Waals surface area contributed by atoms with Gasteiger partial charge in [-0.2, -0.15) is 5.16 Å². The molecule has 1 aromatic rings. The van der Waals surface area contributed by atoms with Crippen molar-refractivity contribution in [1.82, 2.24) is 10.5 Å². The molecule has 112 valence electrons. The fourth-order valence-electron chi connectivity index (χ4n) is 1.50. The quantitative estimate of drug-likeness (QED) is 0.628. The van der Waals surface area contributed by atoms with Gasteiger partial charge in [-0.1, -0.05) is 0 Å². The van der Waals surface area contributed by atoms with Gasteiger partial charge in [0.2, 0.25) is 5.76 Å². The number of aliphatic carboxylic acids is 1. The summed E-state index contributed by atoms with van der Waals surface area (Å²) in [5.41, 5.74) is -1.59. The summed E-state index contributed by atoms with van der Waals surface area (Å²) in [6, 6.07) is 1.02. The number of amides is 1. The van der Waals surface area contributed by atoms with Crippen LogP contribution in [0.4, 0.5) is 0 Å². The number of rotatable bonds is 8. The molecule has 0 aliphatic carbocycles. The Hall–Kier alpha value is -2.09. The van der Waals surface area contributed by atoms with Crippen LogP contribution in [0, 0.1) is 5.41 Å². The van der Waals surface area contributed by atoms with Crippen molar-refractivity contribution in [2.24, 2.45) is 5.41 Å². The first-order chi connectivity index (χ1) is 9.39. The zero-order valence-electron chi connectivity index (χ0n) is 11.4. The maximum absolute atomic E-state index is 11.6. The van der Waals surface area contributed by atoms with Gasteiger partial charge in [0.1, 0.15) is 0 Å². The number of nitrogens with one attached hydrogen (secondary N) is 2. The first-order valence-corrected chi connectivity index (χ1v) is 6.17. The van der Waals surface area contributed by atoms with Crippen LogP contribution in [0.1, 0.15) is 30.8 Å². The Bertz CT molecular complexity index is 520. The number of aromatic amines is 1. The van der Waals surface area contributed by atoms with E-state index in [0.29, 0.717) is 6.61 Å². The Labute approximate surface area is 115 Å². The van der Waals surface area contributed by atoms with Crippen LogP contribution < -0.4 is 10.9 Å². The molecule has 1 atom stereocenters. The van der Waals surface area contributed by atoms with E-state index < -0.39 is 22.9 Å². The number of H-pyrrole nitrogens is 1. The van der Waals surface area contributed by atoms with Crippen molar-refractivity contribution >= 4 is 11.9 Å². The van der Waals surface area contributed by atoms with Crippen molar-refractivity contribution < 1.29 is 24.0 Å². The van der Waals surface area contributed by atoms with Gasteiger partial charge in [0.15, 0.2) is 0 Å². The van der Waals surface area contributed by atoms with Gasteiger partial charge in [-0.25, -0.2) is 0 Å². The smallest absolute Gasteiger partial charge is 0.311 e. The van der Waals surface area contributed by atoms with Gasteiger partial charge in [0.05, 0.1) is 18.1 Å². The average Bonchev–Trinajstić information content (AvgIpc) is 2.83. The molecular formula is C12H18N2O6. The van der Waals surface area contributed by atoms with E-state index >= 15 is 0 Å². The Morgan fingerprint density at radius 1 is 1.55 bits per heavy atom. The summed E-state index contributed by atoms with van der Waals surface area (Å²) in [6.07, 6.45) is 0.197. The molecule has 0 saturated heterocycles. The van der Waals surface area contributed by atoms with Gasteiger partial charge in [0, 0.05) is 13.2 Å². The second-order valence-corrected chi connectivity index (χ2v) is 4.59. The van der Waals surface area contributed by atoms with E-state index in [2.05, 4.69) is 9.84 Å². The first-order valence-electron chi connectivity index (χ1n) is 6.17. The molecule has 0 bridgehead atoms. The molecule has 0 unspecified atom stereocenters. The Morgan fingerprint density at radius 2 is 2.25 bits per heavy atom. The highest BCUT2D eigenvalue weighted by Crippen LogP contribution is 2.21. The maximum atomic E-state index is 11.6. The monoisotopic (exact) mass is 286 g/mol. The number of carbonyl (C=O) groups is 2. The van der Waals surface area contributed by atoms with Gasteiger partial charge in [0.25, 0.3) is 11.5 Å². The maximum Gasteiger partial charge on any atom is 0.311 e. The second-order valence-electron chi connectivity index (χ2n) is 4.59. The highest BCUT2D eigenvalue weighted by molar-refractivity contribution is 5.91. The SMILES string of the molecule is CCOC[C@](C)(CCNC(=O)c1cc(=O)[nH]o1)C(=O)O. The largest absolute Gasteiger partial charge is 0.481 e. The highest BCUT2D eigenvalue weighted by Gasteiger charge is 2.33. The molecule has 1 heterocycles. The molecule has 0 saturated carbocycles. The molecule has 8 nitrogen and oxygen atoms in total. The number of carboxylic acid groups (broad SMARTS) is 1. The molecule has 0 spiro atoms. The topological polar surface area (TPSA) is 122 Å². The zero-order chi connectivity index (χ0) is 15.2. The normalized spacial score (nSPS) is 13.7. The Kier molecular flexibility index (Phi) is 5.51. The number of hydrogen-bond donors (Lipinski definition) is 3. The molecule has 20 heavy (non-hydrogen) atoms. The molecular weight excluding hydrogens is 268 g/mol. The first kappa shape index (κ1) is 16.0. The number of carboxylic acids is 1. The number of aromatic nitrogens is 1. The summed E-state index contributed by atoms with van der Waals surface area (Å²) < 4.78 is 9.78. The molecule has 0 aliphatic rings. The predicted molar refractivity (Wildman–Crippen MR) is 68.5 cm³/mol. The zero-order valence-corrected chi connectivity index (χ0v) is 11.4. The Morgan fingerprint density at radius 3 is 2.75 bits per heavy atom. The highest BCUT2D eigenvalue weighted by atomic mass is 16.5. The van der Waals surface area contributed by atoms with Crippen molar-refractivity contribution in [1.29, 1.82) is 0 Å². The third kappa shape index (κ3) is 4.23. The van der Waals surface area contributed by atoms with E-state index in [1.807, 2.05) is 5.16 Å². The lowest BCUT2D eigenvalue weighted by Crippen LogP contribution is -2.37. The molecule has 0 fully saturated rings. The van der Waals surface area contributed by atoms with Crippen molar-refractivity contribution in [2.75, 3.05) is 19.8 Å². The van der Waals surface area contributed by atoms with Crippen molar-refractivity contribution in [2.45, 2.75) is 20.3 Å². The van der Waals surface area contributed by atoms with Crippen LogP contribution in [0.2, 0.25) is 0 Å². The molecule has 1 aromatic heterocycles. The minimum atomic E-state index is -1.08. The van der Waals surface area contributed by atoms with E-state index in [9.17, 15) is 19.5 Å². The van der Waals surface area contributed by atoms with Gasteiger partial charge in [-0.3, -0.25) is 14.4 Å². The van der Waals surface area contributed by atoms with Gasteiger partial charge >= 0.3 is 5.97 Å². The van der Waals surface area contributed by atoms with Crippen LogP contribution in [0.5, 0.6) is 0 Å². The lowest BCUT2D eigenvalue weighted by molar-refractivity contribution is -0.152. The Balaban J connectivity index is 2.50. The summed E-state index contributed by atoms with van der Waals surface area (Å²) in [5, 5.41) is 13.7. The molecule has 3 N–H and O–H groups in total. The summed E-state index contributed by atoms with van der Waals surface area (Å²) in [4.78, 5) is 33.6. The number of carbonyl (C=O) groups excluding carboxylic acids is 1. The van der Waals surface area contributed by atoms with Gasteiger partial charge in [-0.15, -0.1) is 0 Å². The summed E-state index contributed by atoms with van der Waals surface area (Å²) in [7, 11) is 0. The van der Waals surface area contributed by atoms with Crippen LogP contribution in [-0.2, 0) is 9.53 Å². The summed E-state index contributed by atoms with van der Waals surface area (Å²) in [5.74, 6) is -1.71. The van der Waals surface area contributed by atoms with E-state index in [1.165, 1.54) is 0 Å². The van der Waals surface area contributed by atoms with Crippen molar-refractivity contribution in [3.8, 4) is 0 Å². The molecule has 0 radical (unpaired) electrons. The molecule has 8 heteroatoms. The number of ether oxygens (including phenoxy) is 1. The lowest BCUT2D eigenvalue weighted by atomic mass is 9.88. The summed E-state index contributed by atoms with van der Waals surface area (Å²) >= 11 is 0. The van der Waals surface area contributed by atoms with Crippen molar-refractivity contribution in [3.63, 3.8) is 0 Å². The van der Waals surface area contributed by atoms with Gasteiger partial charge in [-0.05, 0) is 20.3 Å². The third-order valence-electron chi connectivity index (χ3n) is 2.85. The van der Waals surface area contributed by atoms with E-state index in [-0.39, 0.29) is 25.3 Å². The average molecular weight is 286 g/mol. The van der Waals surface area contributed by atoms with Crippen LogP contribution in [0.15, 0.2) is 15.4 Å². The van der Waals surface area contributed by atoms with E-state index in [1.54, 1.807) is 13.8 Å². The summed E-state index contributed by atoms with van der Waals surface area (Å²) in [6.45, 7) is 3.94. The van der Waals surface area contributed by atoms with E-state index in [0.717, 1.165) is 6.07 Å². The fourth-order valence-corrected chi connectivity index (χ4v) is 1.50. The molecule has 1 rings (SSSR count). The van der Waals surface area contributed by atoms with Crippen molar-refractivity contribution in [3.05, 3.63) is 22.2 Å². The molecule has 0 aliphatic heterocycles. The van der Waals surface area contributed by atoms with Crippen LogP contribution in [0.25, 0.3) is 0 Å².